The first-order chi connectivity index (χ1) is 9.90. The van der Waals surface area contributed by atoms with E-state index < -0.39 is 0 Å². The molecule has 3 heterocycles. The molecule has 20 heavy (non-hydrogen) atoms. The third-order valence-corrected chi connectivity index (χ3v) is 3.61. The fourth-order valence-electron chi connectivity index (χ4n) is 2.26. The SMILES string of the molecule is c1cc(-c2cnc3ccc(NCC4CC4)nn23)ccn1. The van der Waals surface area contributed by atoms with E-state index in [1.165, 1.54) is 12.8 Å². The van der Waals surface area contributed by atoms with Gasteiger partial charge < -0.3 is 5.32 Å². The molecule has 0 unspecified atom stereocenters. The van der Waals surface area contributed by atoms with E-state index in [9.17, 15) is 0 Å². The van der Waals surface area contributed by atoms with E-state index in [2.05, 4.69) is 20.4 Å². The van der Waals surface area contributed by atoms with Crippen LogP contribution in [0.1, 0.15) is 12.8 Å². The Morgan fingerprint density at radius 2 is 2.00 bits per heavy atom. The Kier molecular flexibility index (Phi) is 2.62. The molecule has 1 aliphatic rings. The van der Waals surface area contributed by atoms with Gasteiger partial charge in [0.2, 0.25) is 0 Å². The first-order valence-electron chi connectivity index (χ1n) is 6.89. The number of aromatic nitrogens is 4. The largest absolute Gasteiger partial charge is 0.368 e. The number of nitrogens with zero attached hydrogens (tertiary/aromatic N) is 4. The van der Waals surface area contributed by atoms with Crippen LogP contribution in [0.15, 0.2) is 42.9 Å². The average Bonchev–Trinajstić information content (AvgIpc) is 3.24. The molecule has 0 bridgehead atoms. The third-order valence-electron chi connectivity index (χ3n) is 3.61. The first-order valence-corrected chi connectivity index (χ1v) is 6.89. The van der Waals surface area contributed by atoms with E-state index in [0.717, 1.165) is 35.2 Å². The fraction of sp³-hybridized carbons (Fsp3) is 0.267. The quantitative estimate of drug-likeness (QED) is 0.788. The van der Waals surface area contributed by atoms with Crippen molar-refractivity contribution >= 4 is 11.5 Å². The van der Waals surface area contributed by atoms with Crippen LogP contribution in [0, 0.1) is 5.92 Å². The Morgan fingerprint density at radius 1 is 1.15 bits per heavy atom. The highest BCUT2D eigenvalue weighted by Crippen LogP contribution is 2.28. The molecular formula is C15H15N5. The lowest BCUT2D eigenvalue weighted by molar-refractivity contribution is 0.862. The Balaban J connectivity index is 1.71. The van der Waals surface area contributed by atoms with Crippen LogP contribution >= 0.6 is 0 Å². The van der Waals surface area contributed by atoms with Crippen LogP contribution in [0.5, 0.6) is 0 Å². The van der Waals surface area contributed by atoms with Gasteiger partial charge in [-0.1, -0.05) is 0 Å². The van der Waals surface area contributed by atoms with Crippen molar-refractivity contribution in [3.8, 4) is 11.3 Å². The fourth-order valence-corrected chi connectivity index (χ4v) is 2.26. The molecule has 100 valence electrons. The van der Waals surface area contributed by atoms with E-state index in [-0.39, 0.29) is 0 Å². The zero-order valence-electron chi connectivity index (χ0n) is 11.0. The van der Waals surface area contributed by atoms with Crippen molar-refractivity contribution in [2.45, 2.75) is 12.8 Å². The zero-order chi connectivity index (χ0) is 13.4. The van der Waals surface area contributed by atoms with Crippen LogP contribution in [-0.4, -0.2) is 26.1 Å². The summed E-state index contributed by atoms with van der Waals surface area (Å²) in [4.78, 5) is 8.44. The lowest BCUT2D eigenvalue weighted by Crippen LogP contribution is -2.07. The van der Waals surface area contributed by atoms with Crippen molar-refractivity contribution < 1.29 is 0 Å². The van der Waals surface area contributed by atoms with Crippen LogP contribution < -0.4 is 5.32 Å². The van der Waals surface area contributed by atoms with Crippen LogP contribution in [0.2, 0.25) is 0 Å². The molecule has 1 saturated carbocycles. The molecule has 1 aliphatic carbocycles. The van der Waals surface area contributed by atoms with Crippen molar-refractivity contribution in [2.24, 2.45) is 5.92 Å². The third kappa shape index (κ3) is 2.11. The number of hydrogen-bond donors (Lipinski definition) is 1. The average molecular weight is 265 g/mol. The molecule has 4 rings (SSSR count). The molecule has 1 fully saturated rings. The molecular weight excluding hydrogens is 250 g/mol. The Hall–Kier alpha value is -2.43. The molecule has 5 nitrogen and oxygen atoms in total. The second-order valence-electron chi connectivity index (χ2n) is 5.19. The van der Waals surface area contributed by atoms with Gasteiger partial charge in [0.1, 0.15) is 5.82 Å². The molecule has 5 heteroatoms. The van der Waals surface area contributed by atoms with Crippen molar-refractivity contribution in [3.05, 3.63) is 42.9 Å². The van der Waals surface area contributed by atoms with Gasteiger partial charge in [0.05, 0.1) is 11.9 Å². The molecule has 3 aromatic heterocycles. The number of fused-ring (bicyclic) bond motifs is 1. The zero-order valence-corrected chi connectivity index (χ0v) is 11.0. The van der Waals surface area contributed by atoms with Gasteiger partial charge in [0.25, 0.3) is 0 Å². The van der Waals surface area contributed by atoms with Gasteiger partial charge in [-0.15, -0.1) is 5.10 Å². The number of imidazole rings is 1. The number of hydrogen-bond acceptors (Lipinski definition) is 4. The molecule has 0 saturated heterocycles. The predicted octanol–water partition coefficient (Wildman–Crippen LogP) is 2.61. The van der Waals surface area contributed by atoms with E-state index in [0.29, 0.717) is 0 Å². The molecule has 0 spiro atoms. The highest BCUT2D eigenvalue weighted by molar-refractivity contribution is 5.63. The summed E-state index contributed by atoms with van der Waals surface area (Å²) in [5.41, 5.74) is 2.91. The first kappa shape index (κ1) is 11.4. The second-order valence-corrected chi connectivity index (χ2v) is 5.19. The van der Waals surface area contributed by atoms with E-state index >= 15 is 0 Å². The van der Waals surface area contributed by atoms with E-state index in [4.69, 9.17) is 0 Å². The molecule has 1 N–H and O–H groups in total. The van der Waals surface area contributed by atoms with Gasteiger partial charge in [-0.05, 0) is 43.0 Å². The highest BCUT2D eigenvalue weighted by Gasteiger charge is 2.20. The van der Waals surface area contributed by atoms with Gasteiger partial charge >= 0.3 is 0 Å². The van der Waals surface area contributed by atoms with E-state index in [1.54, 1.807) is 12.4 Å². The molecule has 0 radical (unpaired) electrons. The molecule has 3 aromatic rings. The monoisotopic (exact) mass is 265 g/mol. The minimum absolute atomic E-state index is 0.829. The predicted molar refractivity (Wildman–Crippen MR) is 77.4 cm³/mol. The summed E-state index contributed by atoms with van der Waals surface area (Å²) < 4.78 is 1.88. The summed E-state index contributed by atoms with van der Waals surface area (Å²) >= 11 is 0. The second kappa shape index (κ2) is 4.59. The summed E-state index contributed by atoms with van der Waals surface area (Å²) in [6, 6.07) is 7.92. The summed E-state index contributed by atoms with van der Waals surface area (Å²) in [5.74, 6) is 1.73. The van der Waals surface area contributed by atoms with Gasteiger partial charge in [0.15, 0.2) is 5.65 Å². The van der Waals surface area contributed by atoms with Crippen molar-refractivity contribution in [2.75, 3.05) is 11.9 Å². The smallest absolute Gasteiger partial charge is 0.154 e. The molecule has 0 aliphatic heterocycles. The van der Waals surface area contributed by atoms with Gasteiger partial charge in [0, 0.05) is 24.5 Å². The highest BCUT2D eigenvalue weighted by atomic mass is 15.3. The van der Waals surface area contributed by atoms with Crippen LogP contribution in [0.3, 0.4) is 0 Å². The number of anilines is 1. The van der Waals surface area contributed by atoms with Crippen molar-refractivity contribution in [1.29, 1.82) is 0 Å². The number of nitrogens with one attached hydrogen (secondary N) is 1. The molecule has 0 atom stereocenters. The van der Waals surface area contributed by atoms with Gasteiger partial charge in [-0.25, -0.2) is 9.50 Å². The Labute approximate surface area is 116 Å². The number of pyridine rings is 1. The van der Waals surface area contributed by atoms with Crippen LogP contribution in [-0.2, 0) is 0 Å². The summed E-state index contributed by atoms with van der Waals surface area (Å²) in [7, 11) is 0. The minimum Gasteiger partial charge on any atom is -0.368 e. The lowest BCUT2D eigenvalue weighted by Gasteiger charge is -2.06. The topological polar surface area (TPSA) is 55.1 Å². The standard InChI is InChI=1S/C15H15N5/c1-2-11(1)9-17-14-3-4-15-18-10-13(20(15)19-14)12-5-7-16-8-6-12/h3-8,10-11H,1-2,9H2,(H,17,19). The van der Waals surface area contributed by atoms with Crippen molar-refractivity contribution in [1.82, 2.24) is 19.6 Å². The summed E-state index contributed by atoms with van der Waals surface area (Å²) in [5, 5.41) is 8.03. The maximum atomic E-state index is 4.63. The maximum Gasteiger partial charge on any atom is 0.154 e. The van der Waals surface area contributed by atoms with Gasteiger partial charge in [-0.2, -0.15) is 0 Å². The maximum absolute atomic E-state index is 4.63. The van der Waals surface area contributed by atoms with Crippen molar-refractivity contribution in [3.63, 3.8) is 0 Å². The molecule has 0 aromatic carbocycles. The lowest BCUT2D eigenvalue weighted by atomic mass is 10.2. The Bertz CT molecular complexity index is 730. The van der Waals surface area contributed by atoms with Crippen LogP contribution in [0.4, 0.5) is 5.82 Å². The minimum atomic E-state index is 0.829. The summed E-state index contributed by atoms with van der Waals surface area (Å²) in [6.45, 7) is 1.01. The van der Waals surface area contributed by atoms with E-state index in [1.807, 2.05) is 35.0 Å². The van der Waals surface area contributed by atoms with Gasteiger partial charge in [-0.3, -0.25) is 4.98 Å². The number of rotatable bonds is 4. The molecule has 0 amide bonds. The van der Waals surface area contributed by atoms with Crippen LogP contribution in [0.25, 0.3) is 16.9 Å². The summed E-state index contributed by atoms with van der Waals surface area (Å²) in [6.07, 6.45) is 8.08. The normalized spacial score (nSPS) is 14.6. The Morgan fingerprint density at radius 3 is 2.80 bits per heavy atom.